The van der Waals surface area contributed by atoms with Gasteiger partial charge in [-0.15, -0.1) is 0 Å². The largest absolute Gasteiger partial charge is 0.383 e. The summed E-state index contributed by atoms with van der Waals surface area (Å²) in [4.78, 5) is 4.84. The normalized spacial score (nSPS) is 17.1. The fraction of sp³-hybridized carbons (Fsp3) is 0.500. The third-order valence-electron chi connectivity index (χ3n) is 4.64. The van der Waals surface area contributed by atoms with E-state index in [2.05, 4.69) is 36.5 Å². The number of aromatic amines is 1. The Bertz CT molecular complexity index is 835. The zero-order valence-electron chi connectivity index (χ0n) is 15.3. The minimum absolute atomic E-state index is 0.572. The second-order valence-corrected chi connectivity index (χ2v) is 7.02. The summed E-state index contributed by atoms with van der Waals surface area (Å²) in [6, 6.07) is 0.572. The third-order valence-corrected chi connectivity index (χ3v) is 5.51. The molecular weight excluding hydrogens is 394 g/mol. The first kappa shape index (κ1) is 18.8. The molecule has 1 fully saturated rings. The molecule has 4 heterocycles. The molecule has 140 valence electrons. The Morgan fingerprint density at radius 2 is 2.15 bits per heavy atom. The predicted octanol–water partition coefficient (Wildman–Crippen LogP) is 3.57. The number of nitrogen functional groups attached to an aromatic ring is 1. The number of halogens is 1. The maximum Gasteiger partial charge on any atom is 0.165 e. The number of hydrogen-bond donors (Lipinski definition) is 3. The number of rotatable bonds is 4. The first-order valence-electron chi connectivity index (χ1n) is 9.28. The standard InChI is InChI=1S/C16H20BrN7.C2H6/c17-14-13(5-4-11-3-1-2-6-19-11)23-16-12(10-7-20-21-8-10)9-22-24(16)15(14)18;1-2/h7-9,11,19H,1-6,18H2,(H,20,21);1-2H3. The SMILES string of the molecule is CC.Nc1c(Br)c(CCC2CCCCN2)nc2c(-c3cn[nH]c3)cnn12. The molecule has 3 aromatic rings. The molecule has 1 saturated heterocycles. The topological polar surface area (TPSA) is 96.9 Å². The fourth-order valence-electron chi connectivity index (χ4n) is 3.29. The Morgan fingerprint density at radius 1 is 1.31 bits per heavy atom. The molecule has 26 heavy (non-hydrogen) atoms. The van der Waals surface area contributed by atoms with Gasteiger partial charge in [0.25, 0.3) is 0 Å². The van der Waals surface area contributed by atoms with Crippen LogP contribution in [0.3, 0.4) is 0 Å². The molecule has 1 atom stereocenters. The van der Waals surface area contributed by atoms with Crippen LogP contribution in [0.15, 0.2) is 23.1 Å². The molecule has 0 amide bonds. The lowest BCUT2D eigenvalue weighted by molar-refractivity contribution is 0.382. The number of anilines is 1. The van der Waals surface area contributed by atoms with Crippen molar-refractivity contribution in [2.24, 2.45) is 0 Å². The lowest BCUT2D eigenvalue weighted by Gasteiger charge is -2.23. The van der Waals surface area contributed by atoms with Crippen LogP contribution < -0.4 is 11.1 Å². The van der Waals surface area contributed by atoms with Crippen molar-refractivity contribution < 1.29 is 0 Å². The van der Waals surface area contributed by atoms with Gasteiger partial charge in [0.05, 0.1) is 22.6 Å². The van der Waals surface area contributed by atoms with E-state index >= 15 is 0 Å². The van der Waals surface area contributed by atoms with Crippen LogP contribution in [-0.4, -0.2) is 37.4 Å². The monoisotopic (exact) mass is 419 g/mol. The molecule has 0 aromatic carbocycles. The smallest absolute Gasteiger partial charge is 0.165 e. The fourth-order valence-corrected chi connectivity index (χ4v) is 3.75. The zero-order chi connectivity index (χ0) is 18.5. The van der Waals surface area contributed by atoms with Gasteiger partial charge in [-0.3, -0.25) is 5.10 Å². The van der Waals surface area contributed by atoms with Crippen molar-refractivity contribution in [3.05, 3.63) is 28.8 Å². The van der Waals surface area contributed by atoms with Crippen molar-refractivity contribution in [3.8, 4) is 11.1 Å². The van der Waals surface area contributed by atoms with Gasteiger partial charge in [-0.2, -0.15) is 14.7 Å². The molecule has 1 unspecified atom stereocenters. The molecule has 0 bridgehead atoms. The van der Waals surface area contributed by atoms with Crippen molar-refractivity contribution in [2.45, 2.75) is 52.0 Å². The highest BCUT2D eigenvalue weighted by atomic mass is 79.9. The molecule has 7 nitrogen and oxygen atoms in total. The van der Waals surface area contributed by atoms with Gasteiger partial charge in [-0.05, 0) is 48.2 Å². The molecule has 8 heteroatoms. The second-order valence-electron chi connectivity index (χ2n) is 6.22. The Kier molecular flexibility index (Phi) is 6.26. The van der Waals surface area contributed by atoms with Crippen LogP contribution in [0.25, 0.3) is 16.8 Å². The molecule has 0 saturated carbocycles. The lowest BCUT2D eigenvalue weighted by atomic mass is 9.99. The molecule has 0 aliphatic carbocycles. The predicted molar refractivity (Wildman–Crippen MR) is 108 cm³/mol. The van der Waals surface area contributed by atoms with Crippen LogP contribution >= 0.6 is 15.9 Å². The highest BCUT2D eigenvalue weighted by molar-refractivity contribution is 9.10. The van der Waals surface area contributed by atoms with E-state index in [1.165, 1.54) is 19.3 Å². The number of fused-ring (bicyclic) bond motifs is 1. The summed E-state index contributed by atoms with van der Waals surface area (Å²) in [6.45, 7) is 5.12. The highest BCUT2D eigenvalue weighted by Crippen LogP contribution is 2.30. The molecule has 1 aliphatic heterocycles. The maximum absolute atomic E-state index is 6.27. The first-order valence-corrected chi connectivity index (χ1v) is 10.1. The Hall–Kier alpha value is -1.93. The number of H-pyrrole nitrogens is 1. The maximum atomic E-state index is 6.27. The van der Waals surface area contributed by atoms with Crippen molar-refractivity contribution in [3.63, 3.8) is 0 Å². The Labute approximate surface area is 161 Å². The van der Waals surface area contributed by atoms with Gasteiger partial charge in [0.1, 0.15) is 5.82 Å². The van der Waals surface area contributed by atoms with E-state index in [0.29, 0.717) is 11.9 Å². The summed E-state index contributed by atoms with van der Waals surface area (Å²) in [7, 11) is 0. The highest BCUT2D eigenvalue weighted by Gasteiger charge is 2.18. The molecule has 4 rings (SSSR count). The summed E-state index contributed by atoms with van der Waals surface area (Å²) in [5, 5.41) is 14.8. The molecule has 3 aromatic heterocycles. The van der Waals surface area contributed by atoms with Gasteiger partial charge in [0, 0.05) is 23.4 Å². The number of nitrogens with zero attached hydrogens (tertiary/aromatic N) is 4. The van der Waals surface area contributed by atoms with Gasteiger partial charge in [0.2, 0.25) is 0 Å². The average molecular weight is 420 g/mol. The lowest BCUT2D eigenvalue weighted by Crippen LogP contribution is -2.34. The molecular formula is C18H26BrN7. The minimum atomic E-state index is 0.572. The number of aromatic nitrogens is 5. The number of nitrogens with one attached hydrogen (secondary N) is 2. The molecule has 0 radical (unpaired) electrons. The number of nitrogens with two attached hydrogens (primary N) is 1. The zero-order valence-corrected chi connectivity index (χ0v) is 16.9. The van der Waals surface area contributed by atoms with Crippen LogP contribution in [0.1, 0.15) is 45.2 Å². The van der Waals surface area contributed by atoms with Gasteiger partial charge in [0.15, 0.2) is 5.65 Å². The number of hydrogen-bond acceptors (Lipinski definition) is 5. The van der Waals surface area contributed by atoms with Crippen LogP contribution in [-0.2, 0) is 6.42 Å². The Balaban J connectivity index is 0.000000948. The van der Waals surface area contributed by atoms with E-state index in [1.54, 1.807) is 16.9 Å². The summed E-state index contributed by atoms with van der Waals surface area (Å²) >= 11 is 3.60. The van der Waals surface area contributed by atoms with E-state index in [9.17, 15) is 0 Å². The summed E-state index contributed by atoms with van der Waals surface area (Å²) in [5.74, 6) is 0.585. The van der Waals surface area contributed by atoms with Gasteiger partial charge < -0.3 is 11.1 Å². The summed E-state index contributed by atoms with van der Waals surface area (Å²) < 4.78 is 2.52. The van der Waals surface area contributed by atoms with Crippen molar-refractivity contribution in [1.29, 1.82) is 0 Å². The minimum Gasteiger partial charge on any atom is -0.383 e. The van der Waals surface area contributed by atoms with Crippen LogP contribution in [0, 0.1) is 0 Å². The van der Waals surface area contributed by atoms with E-state index in [0.717, 1.165) is 46.3 Å². The molecule has 0 spiro atoms. The van der Waals surface area contributed by atoms with Crippen molar-refractivity contribution in [2.75, 3.05) is 12.3 Å². The van der Waals surface area contributed by atoms with E-state index in [4.69, 9.17) is 10.7 Å². The van der Waals surface area contributed by atoms with Crippen LogP contribution in [0.2, 0.25) is 0 Å². The van der Waals surface area contributed by atoms with Crippen LogP contribution in [0.4, 0.5) is 5.82 Å². The first-order chi connectivity index (χ1) is 12.7. The van der Waals surface area contributed by atoms with Gasteiger partial charge >= 0.3 is 0 Å². The van der Waals surface area contributed by atoms with Crippen LogP contribution in [0.5, 0.6) is 0 Å². The molecule has 1 aliphatic rings. The second kappa shape index (κ2) is 8.64. The number of piperidine rings is 1. The molecule has 4 N–H and O–H groups in total. The van der Waals surface area contributed by atoms with Gasteiger partial charge in [-0.25, -0.2) is 4.98 Å². The average Bonchev–Trinajstić information content (AvgIpc) is 3.35. The number of aryl methyl sites for hydroxylation is 1. The van der Waals surface area contributed by atoms with Crippen molar-refractivity contribution >= 4 is 27.4 Å². The summed E-state index contributed by atoms with van der Waals surface area (Å²) in [6.07, 6.45) is 11.2. The van der Waals surface area contributed by atoms with Crippen molar-refractivity contribution in [1.82, 2.24) is 30.1 Å². The summed E-state index contributed by atoms with van der Waals surface area (Å²) in [5.41, 5.74) is 9.91. The third kappa shape index (κ3) is 3.76. The van der Waals surface area contributed by atoms with E-state index in [1.807, 2.05) is 20.0 Å². The Morgan fingerprint density at radius 3 is 2.85 bits per heavy atom. The van der Waals surface area contributed by atoms with Gasteiger partial charge in [-0.1, -0.05) is 20.3 Å². The quantitative estimate of drug-likeness (QED) is 0.600. The van der Waals surface area contributed by atoms with E-state index in [-0.39, 0.29) is 0 Å². The van der Waals surface area contributed by atoms with E-state index < -0.39 is 0 Å².